The first-order chi connectivity index (χ1) is 41.8. The smallest absolute Gasteiger partial charge is 1.00 e. The predicted molar refractivity (Wildman–Crippen MR) is 333 cm³/mol. The number of halogens is 4. The average molecular weight is 1280 g/mol. The van der Waals surface area contributed by atoms with Crippen LogP contribution in [0.5, 0.6) is 0 Å². The SMILES string of the molecule is CO.N#CCCOCCN1CCN(c2cccc(-c3cnc4ccc(N5CCC[C@@H]5c5cccc(F)c5)nn34)n2)CC1.NCCCOCCN1CCN(c2cccc(-c3cnc4ccc(N5CCC[C@@H]5c5cccc(F)c5)nn34)n2)CC1.[B].[Cl][Co][Cl].[H-].[Na+]. The summed E-state index contributed by atoms with van der Waals surface area (Å²) in [5.41, 5.74) is 12.4. The Morgan fingerprint density at radius 3 is 1.47 bits per heavy atom. The van der Waals surface area contributed by atoms with Crippen molar-refractivity contribution in [2.24, 2.45) is 5.73 Å². The third kappa shape index (κ3) is 18.3. The van der Waals surface area contributed by atoms with E-state index in [1.807, 2.05) is 76.0 Å². The van der Waals surface area contributed by atoms with Crippen LogP contribution in [0.25, 0.3) is 34.1 Å². The van der Waals surface area contributed by atoms with Crippen molar-refractivity contribution in [1.29, 1.82) is 5.26 Å². The van der Waals surface area contributed by atoms with E-state index in [1.165, 1.54) is 12.1 Å². The molecule has 6 aromatic heterocycles. The van der Waals surface area contributed by atoms with Crippen LogP contribution in [0.3, 0.4) is 0 Å². The maximum Gasteiger partial charge on any atom is 1.00 e. The molecule has 87 heavy (non-hydrogen) atoms. The fourth-order valence-electron chi connectivity index (χ4n) is 11.4. The minimum absolute atomic E-state index is 0. The molecule has 0 unspecified atom stereocenters. The van der Waals surface area contributed by atoms with Gasteiger partial charge in [-0.25, -0.2) is 37.7 Å². The summed E-state index contributed by atoms with van der Waals surface area (Å²) in [6, 6.07) is 36.3. The summed E-state index contributed by atoms with van der Waals surface area (Å²) in [4.78, 5) is 33.2. The first-order valence-corrected chi connectivity index (χ1v) is 31.8. The van der Waals surface area contributed by atoms with Gasteiger partial charge in [-0.05, 0) is 123 Å². The van der Waals surface area contributed by atoms with Crippen molar-refractivity contribution in [1.82, 2.24) is 49.0 Å². The number of hydrogen-bond donors (Lipinski definition) is 2. The molecule has 12 rings (SSSR count). The van der Waals surface area contributed by atoms with Gasteiger partial charge in [0, 0.05) is 101 Å². The molecule has 0 bridgehead atoms. The summed E-state index contributed by atoms with van der Waals surface area (Å²) in [6.45, 7) is 14.3. The fraction of sp³-hybridized carbons (Fsp3) is 0.426. The van der Waals surface area contributed by atoms with Gasteiger partial charge in [-0.2, -0.15) is 5.26 Å². The summed E-state index contributed by atoms with van der Waals surface area (Å²) < 4.78 is 42.9. The molecule has 10 heterocycles. The van der Waals surface area contributed by atoms with Crippen molar-refractivity contribution in [3.8, 4) is 28.8 Å². The zero-order valence-electron chi connectivity index (χ0n) is 50.4. The predicted octanol–water partition coefficient (Wildman–Crippen LogP) is 5.80. The molecule has 4 fully saturated rings. The number of aromatic nitrogens is 8. The van der Waals surface area contributed by atoms with E-state index in [9.17, 15) is 8.78 Å². The number of nitrogens with two attached hydrogens (primary N) is 1. The molecular formula is C61H75BCl2CoF2N16NaO3. The zero-order chi connectivity index (χ0) is 59.3. The summed E-state index contributed by atoms with van der Waals surface area (Å²) >= 11 is 0.382. The molecule has 8 aromatic rings. The zero-order valence-corrected chi connectivity index (χ0v) is 54.0. The van der Waals surface area contributed by atoms with Crippen LogP contribution in [-0.4, -0.2) is 181 Å². The van der Waals surface area contributed by atoms with Gasteiger partial charge >= 0.3 is 62.7 Å². The molecule has 0 amide bonds. The maximum absolute atomic E-state index is 14.0. The number of piperazine rings is 2. The molecule has 0 aliphatic carbocycles. The van der Waals surface area contributed by atoms with E-state index < -0.39 is 0 Å². The van der Waals surface area contributed by atoms with Gasteiger partial charge in [0.2, 0.25) is 0 Å². The first-order valence-electron chi connectivity index (χ1n) is 28.9. The number of anilines is 4. The Kier molecular flexibility index (Phi) is 28.2. The van der Waals surface area contributed by atoms with E-state index in [1.54, 1.807) is 24.3 Å². The second-order valence-electron chi connectivity index (χ2n) is 20.8. The summed E-state index contributed by atoms with van der Waals surface area (Å²) in [5, 5.41) is 25.6. The van der Waals surface area contributed by atoms with Crippen LogP contribution in [0, 0.1) is 23.0 Å². The molecule has 0 spiro atoms. The van der Waals surface area contributed by atoms with E-state index in [4.69, 9.17) is 66.0 Å². The minimum Gasteiger partial charge on any atom is -1.00 e. The van der Waals surface area contributed by atoms with E-state index in [0.717, 1.165) is 199 Å². The first kappa shape index (κ1) is 68.9. The summed E-state index contributed by atoms with van der Waals surface area (Å²) in [7, 11) is 10.5. The Labute approximate surface area is 548 Å². The van der Waals surface area contributed by atoms with Crippen molar-refractivity contribution in [3.63, 3.8) is 0 Å². The normalized spacial score (nSPS) is 16.9. The van der Waals surface area contributed by atoms with Crippen LogP contribution < -0.4 is 54.9 Å². The number of fused-ring (bicyclic) bond motifs is 2. The van der Waals surface area contributed by atoms with Crippen molar-refractivity contribution >= 4 is 63.3 Å². The Balaban J connectivity index is 0.000000254. The van der Waals surface area contributed by atoms with Crippen molar-refractivity contribution in [2.75, 3.05) is 138 Å². The van der Waals surface area contributed by atoms with Crippen LogP contribution in [0.1, 0.15) is 63.2 Å². The molecule has 3 N–H and O–H groups in total. The monoisotopic (exact) mass is 1280 g/mol. The molecule has 2 atom stereocenters. The van der Waals surface area contributed by atoms with Gasteiger partial charge in [0.1, 0.15) is 46.3 Å². The summed E-state index contributed by atoms with van der Waals surface area (Å²) in [5.74, 6) is 3.20. The molecule has 458 valence electrons. The average Bonchev–Trinajstić information content (AvgIpc) is 2.15. The van der Waals surface area contributed by atoms with E-state index >= 15 is 0 Å². The number of aliphatic hydroxyl groups is 1. The van der Waals surface area contributed by atoms with Gasteiger partial charge in [0.05, 0.1) is 68.2 Å². The second kappa shape index (κ2) is 35.6. The number of ether oxygens (including phenoxy) is 2. The van der Waals surface area contributed by atoms with E-state index in [0.29, 0.717) is 39.1 Å². The van der Waals surface area contributed by atoms with E-state index in [-0.39, 0.29) is 63.1 Å². The van der Waals surface area contributed by atoms with Gasteiger partial charge < -0.3 is 41.3 Å². The fourth-order valence-corrected chi connectivity index (χ4v) is 11.4. The molecule has 4 saturated heterocycles. The van der Waals surface area contributed by atoms with Crippen molar-refractivity contribution < 1.29 is 67.2 Å². The number of pyridine rings is 2. The van der Waals surface area contributed by atoms with Gasteiger partial charge in [-0.1, -0.05) is 36.4 Å². The van der Waals surface area contributed by atoms with Gasteiger partial charge in [0.25, 0.3) is 0 Å². The minimum atomic E-state index is -0.210. The number of aliphatic hydroxyl groups excluding tert-OH is 1. The van der Waals surface area contributed by atoms with Crippen LogP contribution in [0.2, 0.25) is 0 Å². The molecule has 4 aliphatic rings. The molecule has 2 aromatic carbocycles. The Morgan fingerprint density at radius 2 is 1.05 bits per heavy atom. The number of imidazole rings is 2. The quantitative estimate of drug-likeness (QED) is 0.0728. The number of rotatable bonds is 19. The number of benzene rings is 2. The number of nitriles is 1. The topological polar surface area (TPSA) is 194 Å². The summed E-state index contributed by atoms with van der Waals surface area (Å²) in [6.07, 6.45) is 9.02. The molecule has 19 nitrogen and oxygen atoms in total. The van der Waals surface area contributed by atoms with Crippen molar-refractivity contribution in [3.05, 3.63) is 144 Å². The third-order valence-electron chi connectivity index (χ3n) is 15.6. The third-order valence-corrected chi connectivity index (χ3v) is 15.6. The van der Waals surface area contributed by atoms with Crippen LogP contribution >= 0.6 is 20.3 Å². The Bertz CT molecular complexity index is 3420. The Morgan fingerprint density at radius 1 is 0.609 bits per heavy atom. The van der Waals surface area contributed by atoms with Gasteiger partial charge in [0.15, 0.2) is 11.3 Å². The second-order valence-corrected chi connectivity index (χ2v) is 22.5. The Hall–Kier alpha value is -5.56. The van der Waals surface area contributed by atoms with Crippen LogP contribution in [-0.2, 0) is 22.4 Å². The van der Waals surface area contributed by atoms with Crippen LogP contribution in [0.15, 0.2) is 122 Å². The molecular weight excluding hydrogens is 1210 g/mol. The molecule has 3 radical (unpaired) electrons. The van der Waals surface area contributed by atoms with Crippen molar-refractivity contribution in [2.45, 2.75) is 50.6 Å². The van der Waals surface area contributed by atoms with Gasteiger partial charge in [-0.15, -0.1) is 10.2 Å². The van der Waals surface area contributed by atoms with Gasteiger partial charge in [-0.3, -0.25) is 9.80 Å². The number of hydrogen-bond acceptors (Lipinski definition) is 17. The van der Waals surface area contributed by atoms with E-state index in [2.05, 4.69) is 63.6 Å². The van der Waals surface area contributed by atoms with Crippen LogP contribution in [0.4, 0.5) is 32.1 Å². The molecule has 0 saturated carbocycles. The number of nitrogens with zero attached hydrogens (tertiary/aromatic N) is 15. The molecule has 26 heteroatoms. The molecule has 4 aliphatic heterocycles. The standard InChI is InChI=1S/C30H37FN8O.C30H33FN8O.CH4O.B.2ClH.Co.Na.H/c2*31-24-6-1-5-23(21-24)26-8-3-13-38(26)30-11-10-28-33-22-27(39(28)35-30)25-7-2-9-29(34-25)37-16-14-36(15-17-37)18-20-40-19-4-12-32;1-2;;;;;;/h1-2,5-7,9-11,21-22,26H,3-4,8,12-20,32H2;1-2,5-7,9-11,21-22,26H,3-4,8,13-20H2;2H,1H3;;2*1H;;;/q;;;;;;+2;+1;-1/p-2/t2*26-;;;;;;;/m11......./s1. The largest absolute Gasteiger partial charge is 1.00 e. The maximum atomic E-state index is 14.0.